The van der Waals surface area contributed by atoms with Crippen molar-refractivity contribution in [2.75, 3.05) is 6.79 Å². The van der Waals surface area contributed by atoms with E-state index in [1.54, 1.807) is 0 Å². The van der Waals surface area contributed by atoms with Crippen molar-refractivity contribution in [1.29, 1.82) is 0 Å². The molecule has 18 heavy (non-hydrogen) atoms. The Hall–Kier alpha value is -1.54. The van der Waals surface area contributed by atoms with Crippen LogP contribution >= 0.6 is 0 Å². The first-order valence-electron chi connectivity index (χ1n) is 6.43. The van der Waals surface area contributed by atoms with Gasteiger partial charge in [-0.15, -0.1) is 0 Å². The summed E-state index contributed by atoms with van der Waals surface area (Å²) in [5.41, 5.74) is 3.88. The molecule has 2 atom stereocenters. The first-order chi connectivity index (χ1) is 8.72. The monoisotopic (exact) mass is 242 g/mol. The molecule has 0 amide bonds. The predicted molar refractivity (Wildman–Crippen MR) is 71.6 cm³/mol. The molecular weight excluding hydrogens is 224 g/mol. The molecule has 2 nitrogen and oxygen atoms in total. The van der Waals surface area contributed by atoms with E-state index in [-0.39, 0.29) is 6.10 Å². The minimum atomic E-state index is 0.141. The van der Waals surface area contributed by atoms with Crippen molar-refractivity contribution >= 4 is 0 Å². The first kappa shape index (κ1) is 11.5. The molecule has 0 aromatic heterocycles. The normalized spacial score (nSPS) is 26.2. The Kier molecular flexibility index (Phi) is 2.96. The van der Waals surface area contributed by atoms with Crippen molar-refractivity contribution in [2.24, 2.45) is 5.92 Å². The van der Waals surface area contributed by atoms with Crippen molar-refractivity contribution in [3.8, 4) is 5.75 Å². The fourth-order valence-electron chi connectivity index (χ4n) is 2.67. The van der Waals surface area contributed by atoms with Gasteiger partial charge < -0.3 is 9.47 Å². The molecule has 0 saturated heterocycles. The zero-order chi connectivity index (χ0) is 12.5. The van der Waals surface area contributed by atoms with Crippen LogP contribution in [0.1, 0.15) is 18.1 Å². The molecule has 0 saturated carbocycles. The molecule has 3 rings (SSSR count). The van der Waals surface area contributed by atoms with Gasteiger partial charge >= 0.3 is 0 Å². The highest BCUT2D eigenvalue weighted by molar-refractivity contribution is 5.39. The first-order valence-corrected chi connectivity index (χ1v) is 6.43. The minimum Gasteiger partial charge on any atom is -0.467 e. The summed E-state index contributed by atoms with van der Waals surface area (Å²) in [4.78, 5) is 0. The third kappa shape index (κ3) is 2.21. The molecule has 94 valence electrons. The lowest BCUT2D eigenvalue weighted by Gasteiger charge is -2.29. The topological polar surface area (TPSA) is 18.5 Å². The summed E-state index contributed by atoms with van der Waals surface area (Å²) >= 11 is 0. The van der Waals surface area contributed by atoms with Gasteiger partial charge in [0.15, 0.2) is 6.79 Å². The summed E-state index contributed by atoms with van der Waals surface area (Å²) in [5, 5.41) is 0. The number of allylic oxidation sites excluding steroid dienone is 2. The number of ether oxygens (including phenoxy) is 2. The van der Waals surface area contributed by atoms with E-state index in [1.165, 1.54) is 16.7 Å². The second kappa shape index (κ2) is 4.62. The SMILES string of the molecule is CC1=CC2Cc3cc(C)ccc3OCOC2C=C1. The molecule has 1 aromatic carbocycles. The highest BCUT2D eigenvalue weighted by Gasteiger charge is 2.24. The van der Waals surface area contributed by atoms with E-state index in [2.05, 4.69) is 44.2 Å². The summed E-state index contributed by atoms with van der Waals surface area (Å²) in [5.74, 6) is 1.37. The minimum absolute atomic E-state index is 0.141. The molecule has 1 aromatic rings. The molecule has 0 bridgehead atoms. The third-order valence-electron chi connectivity index (χ3n) is 3.59. The van der Waals surface area contributed by atoms with Crippen molar-refractivity contribution in [3.63, 3.8) is 0 Å². The molecule has 2 unspecified atom stereocenters. The fourth-order valence-corrected chi connectivity index (χ4v) is 2.67. The summed E-state index contributed by atoms with van der Waals surface area (Å²) in [6.07, 6.45) is 7.69. The zero-order valence-corrected chi connectivity index (χ0v) is 10.8. The number of rotatable bonds is 0. The summed E-state index contributed by atoms with van der Waals surface area (Å²) in [6.45, 7) is 4.59. The van der Waals surface area contributed by atoms with Gasteiger partial charge in [-0.3, -0.25) is 0 Å². The standard InChI is InChI=1S/C16H18O2/c1-11-3-5-15-13(7-11)9-14-8-12(2)4-6-16(14)18-10-17-15/h3-8,13,15H,9-10H2,1-2H3. The van der Waals surface area contributed by atoms with Crippen LogP contribution in [-0.2, 0) is 11.2 Å². The van der Waals surface area contributed by atoms with Crippen LogP contribution in [0, 0.1) is 12.8 Å². The second-order valence-electron chi connectivity index (χ2n) is 5.14. The molecule has 1 aliphatic carbocycles. The lowest BCUT2D eigenvalue weighted by atomic mass is 9.87. The quantitative estimate of drug-likeness (QED) is 0.694. The Balaban J connectivity index is 1.95. The largest absolute Gasteiger partial charge is 0.467 e. The van der Waals surface area contributed by atoms with Crippen molar-refractivity contribution in [2.45, 2.75) is 26.4 Å². The molecule has 0 fully saturated rings. The number of hydrogen-bond donors (Lipinski definition) is 0. The van der Waals surface area contributed by atoms with Crippen LogP contribution in [0.15, 0.2) is 42.0 Å². The van der Waals surface area contributed by atoms with Crippen LogP contribution in [0.3, 0.4) is 0 Å². The maximum Gasteiger partial charge on any atom is 0.189 e. The van der Waals surface area contributed by atoms with E-state index < -0.39 is 0 Å². The van der Waals surface area contributed by atoms with Crippen LogP contribution < -0.4 is 4.74 Å². The highest BCUT2D eigenvalue weighted by atomic mass is 16.7. The Morgan fingerprint density at radius 3 is 3.00 bits per heavy atom. The Morgan fingerprint density at radius 1 is 1.22 bits per heavy atom. The van der Waals surface area contributed by atoms with Gasteiger partial charge in [0.2, 0.25) is 0 Å². The molecule has 2 heteroatoms. The van der Waals surface area contributed by atoms with Crippen LogP contribution in [0.2, 0.25) is 0 Å². The Bertz CT molecular complexity index is 514. The van der Waals surface area contributed by atoms with E-state index in [1.807, 2.05) is 6.07 Å². The van der Waals surface area contributed by atoms with Crippen LogP contribution in [0.5, 0.6) is 5.75 Å². The summed E-state index contributed by atoms with van der Waals surface area (Å²) in [6, 6.07) is 6.35. The van der Waals surface area contributed by atoms with Gasteiger partial charge in [0, 0.05) is 5.92 Å². The van der Waals surface area contributed by atoms with E-state index in [0.717, 1.165) is 12.2 Å². The average molecular weight is 242 g/mol. The number of fused-ring (bicyclic) bond motifs is 2. The molecule has 1 heterocycles. The van der Waals surface area contributed by atoms with Gasteiger partial charge in [0.1, 0.15) is 5.75 Å². The van der Waals surface area contributed by atoms with Crippen molar-refractivity contribution in [3.05, 3.63) is 53.1 Å². The summed E-state index contributed by atoms with van der Waals surface area (Å²) in [7, 11) is 0. The molecule has 0 radical (unpaired) electrons. The maximum atomic E-state index is 5.77. The van der Waals surface area contributed by atoms with E-state index in [4.69, 9.17) is 9.47 Å². The Morgan fingerprint density at radius 2 is 2.11 bits per heavy atom. The van der Waals surface area contributed by atoms with Crippen molar-refractivity contribution < 1.29 is 9.47 Å². The van der Waals surface area contributed by atoms with Gasteiger partial charge in [0.25, 0.3) is 0 Å². The van der Waals surface area contributed by atoms with Gasteiger partial charge in [-0.25, -0.2) is 0 Å². The molecule has 1 aliphatic heterocycles. The van der Waals surface area contributed by atoms with Gasteiger partial charge in [-0.1, -0.05) is 41.5 Å². The predicted octanol–water partition coefficient (Wildman–Crippen LogP) is 3.40. The zero-order valence-electron chi connectivity index (χ0n) is 10.8. The third-order valence-corrected chi connectivity index (χ3v) is 3.59. The Labute approximate surface area is 108 Å². The molecule has 0 N–H and O–H groups in total. The van der Waals surface area contributed by atoms with Crippen LogP contribution in [-0.4, -0.2) is 12.9 Å². The summed E-state index contributed by atoms with van der Waals surface area (Å²) < 4.78 is 11.5. The lowest BCUT2D eigenvalue weighted by Crippen LogP contribution is -2.28. The van der Waals surface area contributed by atoms with Crippen LogP contribution in [0.25, 0.3) is 0 Å². The van der Waals surface area contributed by atoms with Gasteiger partial charge in [0.05, 0.1) is 6.10 Å². The molecular formula is C16H18O2. The van der Waals surface area contributed by atoms with Crippen molar-refractivity contribution in [1.82, 2.24) is 0 Å². The lowest BCUT2D eigenvalue weighted by molar-refractivity contribution is -0.0379. The number of aryl methyl sites for hydroxylation is 1. The van der Waals surface area contributed by atoms with Gasteiger partial charge in [-0.2, -0.15) is 0 Å². The maximum absolute atomic E-state index is 5.77. The van der Waals surface area contributed by atoms with E-state index in [0.29, 0.717) is 12.7 Å². The van der Waals surface area contributed by atoms with Gasteiger partial charge in [-0.05, 0) is 31.9 Å². The number of benzene rings is 1. The molecule has 2 aliphatic rings. The highest BCUT2D eigenvalue weighted by Crippen LogP contribution is 2.30. The van der Waals surface area contributed by atoms with Crippen LogP contribution in [0.4, 0.5) is 0 Å². The van der Waals surface area contributed by atoms with E-state index >= 15 is 0 Å². The second-order valence-corrected chi connectivity index (χ2v) is 5.14. The number of hydrogen-bond acceptors (Lipinski definition) is 2. The molecule has 0 spiro atoms. The average Bonchev–Trinajstić information content (AvgIpc) is 2.32. The van der Waals surface area contributed by atoms with E-state index in [9.17, 15) is 0 Å². The smallest absolute Gasteiger partial charge is 0.189 e. The fraction of sp³-hybridized carbons (Fsp3) is 0.375.